The van der Waals surface area contributed by atoms with Crippen molar-refractivity contribution in [3.05, 3.63) is 29.8 Å². The van der Waals surface area contributed by atoms with E-state index in [4.69, 9.17) is 0 Å². The minimum atomic E-state index is -0.448. The number of hydrogen-bond donors (Lipinski definition) is 1. The van der Waals surface area contributed by atoms with E-state index < -0.39 is 6.04 Å². The number of nitrogens with one attached hydrogen (secondary N) is 1. The summed E-state index contributed by atoms with van der Waals surface area (Å²) in [5.41, 5.74) is 2.01. The van der Waals surface area contributed by atoms with E-state index in [1.807, 2.05) is 24.3 Å². The Kier molecular flexibility index (Phi) is 3.36. The first-order chi connectivity index (χ1) is 8.50. The van der Waals surface area contributed by atoms with Crippen molar-refractivity contribution >= 4 is 17.5 Å². The van der Waals surface area contributed by atoms with E-state index in [1.165, 1.54) is 5.56 Å². The molecule has 1 aromatic rings. The van der Waals surface area contributed by atoms with Crippen molar-refractivity contribution < 1.29 is 9.59 Å². The van der Waals surface area contributed by atoms with Crippen LogP contribution in [0.5, 0.6) is 0 Å². The number of nitrogens with zero attached hydrogens (tertiary/aromatic N) is 1. The molecule has 1 aliphatic rings. The van der Waals surface area contributed by atoms with Gasteiger partial charge in [-0.2, -0.15) is 0 Å². The van der Waals surface area contributed by atoms with Crippen LogP contribution in [0.1, 0.15) is 32.3 Å². The highest BCUT2D eigenvalue weighted by Crippen LogP contribution is 2.23. The minimum Gasteiger partial charge on any atom is -0.345 e. The molecule has 0 bridgehead atoms. The molecule has 1 aromatic carbocycles. The largest absolute Gasteiger partial charge is 0.345 e. The molecule has 1 heterocycles. The number of hydrogen-bond acceptors (Lipinski definition) is 2. The molecule has 1 fully saturated rings. The maximum atomic E-state index is 11.9. The predicted octanol–water partition coefficient (Wildman–Crippen LogP) is 1.66. The van der Waals surface area contributed by atoms with Crippen LogP contribution in [0.2, 0.25) is 0 Å². The third-order valence-electron chi connectivity index (χ3n) is 3.29. The number of benzene rings is 1. The van der Waals surface area contributed by atoms with Gasteiger partial charge in [-0.25, -0.2) is 0 Å². The van der Waals surface area contributed by atoms with E-state index in [9.17, 15) is 9.59 Å². The minimum absolute atomic E-state index is 0.0700. The van der Waals surface area contributed by atoms with E-state index in [2.05, 4.69) is 19.2 Å². The molecule has 1 aliphatic heterocycles. The summed E-state index contributed by atoms with van der Waals surface area (Å²) in [6.07, 6.45) is 0. The lowest BCUT2D eigenvalue weighted by Gasteiger charge is -2.32. The molecule has 96 valence electrons. The highest BCUT2D eigenvalue weighted by atomic mass is 16.2. The number of rotatable bonds is 2. The van der Waals surface area contributed by atoms with E-state index in [1.54, 1.807) is 11.8 Å². The van der Waals surface area contributed by atoms with Crippen molar-refractivity contribution in [2.24, 2.45) is 0 Å². The SMILES string of the molecule is CC(C)c1ccc(N2C(=O)CNC(=O)C2C)cc1. The van der Waals surface area contributed by atoms with Crippen LogP contribution >= 0.6 is 0 Å². The van der Waals surface area contributed by atoms with Crippen LogP contribution in [0.15, 0.2) is 24.3 Å². The second-order valence-electron chi connectivity index (χ2n) is 4.90. The quantitative estimate of drug-likeness (QED) is 0.862. The fourth-order valence-corrected chi connectivity index (χ4v) is 2.12. The number of carbonyl (C=O) groups is 2. The third-order valence-corrected chi connectivity index (χ3v) is 3.29. The summed E-state index contributed by atoms with van der Waals surface area (Å²) in [4.78, 5) is 25.0. The third kappa shape index (κ3) is 2.23. The molecule has 0 spiro atoms. The van der Waals surface area contributed by atoms with Crippen LogP contribution < -0.4 is 10.2 Å². The topological polar surface area (TPSA) is 49.4 Å². The van der Waals surface area contributed by atoms with E-state index in [0.717, 1.165) is 5.69 Å². The van der Waals surface area contributed by atoms with Crippen molar-refractivity contribution in [1.29, 1.82) is 0 Å². The highest BCUT2D eigenvalue weighted by molar-refractivity contribution is 6.06. The second-order valence-corrected chi connectivity index (χ2v) is 4.90. The lowest BCUT2D eigenvalue weighted by Crippen LogP contribution is -2.57. The van der Waals surface area contributed by atoms with Gasteiger partial charge in [-0.1, -0.05) is 26.0 Å². The number of anilines is 1. The number of carbonyl (C=O) groups excluding carboxylic acids is 2. The standard InChI is InChI=1S/C14H18N2O2/c1-9(2)11-4-6-12(7-5-11)16-10(3)14(18)15-8-13(16)17/h4-7,9-10H,8H2,1-3H3,(H,15,18). The normalized spacial score (nSPS) is 20.2. The number of piperazine rings is 1. The summed E-state index contributed by atoms with van der Waals surface area (Å²) in [6, 6.07) is 7.38. The lowest BCUT2D eigenvalue weighted by molar-refractivity contribution is -0.130. The molecule has 1 N–H and O–H groups in total. The van der Waals surface area contributed by atoms with Crippen LogP contribution in [-0.2, 0) is 9.59 Å². The highest BCUT2D eigenvalue weighted by Gasteiger charge is 2.31. The summed E-state index contributed by atoms with van der Waals surface area (Å²) in [7, 11) is 0. The Hall–Kier alpha value is -1.84. The molecule has 2 rings (SSSR count). The molecule has 18 heavy (non-hydrogen) atoms. The fourth-order valence-electron chi connectivity index (χ4n) is 2.12. The molecule has 1 unspecified atom stereocenters. The average Bonchev–Trinajstić information content (AvgIpc) is 2.35. The molecule has 0 radical (unpaired) electrons. The van der Waals surface area contributed by atoms with E-state index in [-0.39, 0.29) is 18.4 Å². The molecule has 0 aliphatic carbocycles. The van der Waals surface area contributed by atoms with Crippen LogP contribution in [0.4, 0.5) is 5.69 Å². The zero-order valence-electron chi connectivity index (χ0n) is 10.9. The second kappa shape index (κ2) is 4.80. The van der Waals surface area contributed by atoms with Gasteiger partial charge in [0, 0.05) is 5.69 Å². The molecule has 2 amide bonds. The molecule has 1 atom stereocenters. The average molecular weight is 246 g/mol. The van der Waals surface area contributed by atoms with Gasteiger partial charge >= 0.3 is 0 Å². The zero-order valence-corrected chi connectivity index (χ0v) is 10.9. The van der Waals surface area contributed by atoms with Gasteiger partial charge in [0.15, 0.2) is 0 Å². The van der Waals surface area contributed by atoms with Gasteiger partial charge in [-0.3, -0.25) is 14.5 Å². The summed E-state index contributed by atoms with van der Waals surface area (Å²) >= 11 is 0. The molecular formula is C14H18N2O2. The lowest BCUT2D eigenvalue weighted by atomic mass is 10.0. The Morgan fingerprint density at radius 2 is 1.83 bits per heavy atom. The van der Waals surface area contributed by atoms with E-state index >= 15 is 0 Å². The van der Waals surface area contributed by atoms with Crippen LogP contribution in [0.25, 0.3) is 0 Å². The van der Waals surface area contributed by atoms with Gasteiger partial charge < -0.3 is 5.32 Å². The monoisotopic (exact) mass is 246 g/mol. The van der Waals surface area contributed by atoms with Crippen molar-refractivity contribution in [3.63, 3.8) is 0 Å². The fraction of sp³-hybridized carbons (Fsp3) is 0.429. The molecule has 0 aromatic heterocycles. The molecule has 0 saturated carbocycles. The zero-order chi connectivity index (χ0) is 13.3. The Labute approximate surface area is 107 Å². The van der Waals surface area contributed by atoms with Crippen LogP contribution in [0.3, 0.4) is 0 Å². The summed E-state index contributed by atoms with van der Waals surface area (Å²) < 4.78 is 0. The van der Waals surface area contributed by atoms with Crippen molar-refractivity contribution in [2.75, 3.05) is 11.4 Å². The van der Waals surface area contributed by atoms with E-state index in [0.29, 0.717) is 5.92 Å². The molecule has 1 saturated heterocycles. The summed E-state index contributed by atoms with van der Waals surface area (Å²) in [5.74, 6) is 0.277. The van der Waals surface area contributed by atoms with Gasteiger partial charge in [0.2, 0.25) is 11.8 Å². The Morgan fingerprint density at radius 1 is 1.22 bits per heavy atom. The first kappa shape index (κ1) is 12.6. The Bertz CT molecular complexity index is 465. The smallest absolute Gasteiger partial charge is 0.247 e. The van der Waals surface area contributed by atoms with Gasteiger partial charge in [0.25, 0.3) is 0 Å². The molecular weight excluding hydrogens is 228 g/mol. The molecule has 4 nitrogen and oxygen atoms in total. The van der Waals surface area contributed by atoms with Crippen molar-refractivity contribution in [1.82, 2.24) is 5.32 Å². The van der Waals surface area contributed by atoms with Crippen molar-refractivity contribution in [2.45, 2.75) is 32.7 Å². The van der Waals surface area contributed by atoms with Gasteiger partial charge in [0.1, 0.15) is 6.04 Å². The maximum absolute atomic E-state index is 11.9. The number of amides is 2. The van der Waals surface area contributed by atoms with Gasteiger partial charge in [-0.05, 0) is 30.5 Å². The predicted molar refractivity (Wildman–Crippen MR) is 70.5 cm³/mol. The Morgan fingerprint density at radius 3 is 2.39 bits per heavy atom. The Balaban J connectivity index is 2.29. The molecule has 4 heteroatoms. The maximum Gasteiger partial charge on any atom is 0.247 e. The summed E-state index contributed by atoms with van der Waals surface area (Å²) in [5, 5.41) is 2.58. The van der Waals surface area contributed by atoms with Gasteiger partial charge in [0.05, 0.1) is 6.54 Å². The first-order valence-electron chi connectivity index (χ1n) is 6.20. The van der Waals surface area contributed by atoms with Crippen LogP contribution in [-0.4, -0.2) is 24.4 Å². The van der Waals surface area contributed by atoms with Gasteiger partial charge in [-0.15, -0.1) is 0 Å². The summed E-state index contributed by atoms with van der Waals surface area (Å²) in [6.45, 7) is 6.06. The first-order valence-corrected chi connectivity index (χ1v) is 6.20. The van der Waals surface area contributed by atoms with Crippen LogP contribution in [0, 0.1) is 0 Å². The van der Waals surface area contributed by atoms with Crippen molar-refractivity contribution in [3.8, 4) is 0 Å².